The standard InChI is InChI=1S/C24H30N2O8S/c1-5-34-20-11-15(9-10-19(20)33-3)18(14-35(4,30)31)26-23(28)17-8-6-7-16(22(17)24(26)29)12-25-21(27)13-32-2/h6-11,18-20H,5,12-14H2,1-4H3,(H,25,27). The quantitative estimate of drug-likeness (QED) is 0.438. The third-order valence-electron chi connectivity index (χ3n) is 5.73. The second kappa shape index (κ2) is 11.3. The van der Waals surface area contributed by atoms with Gasteiger partial charge in [-0.15, -0.1) is 0 Å². The molecule has 11 heteroatoms. The molecule has 0 spiro atoms. The number of hydrogen-bond donors (Lipinski definition) is 1. The number of benzene rings is 1. The lowest BCUT2D eigenvalue weighted by Crippen LogP contribution is -2.46. The van der Waals surface area contributed by atoms with Crippen molar-refractivity contribution in [3.63, 3.8) is 0 Å². The number of nitrogens with one attached hydrogen (secondary N) is 1. The molecule has 190 valence electrons. The van der Waals surface area contributed by atoms with Crippen LogP contribution >= 0.6 is 0 Å². The number of methoxy groups -OCH3 is 2. The Morgan fingerprint density at radius 3 is 2.54 bits per heavy atom. The van der Waals surface area contributed by atoms with Crippen molar-refractivity contribution in [2.45, 2.75) is 31.7 Å². The van der Waals surface area contributed by atoms with Gasteiger partial charge in [0.1, 0.15) is 28.7 Å². The van der Waals surface area contributed by atoms with Crippen molar-refractivity contribution in [2.24, 2.45) is 0 Å². The van der Waals surface area contributed by atoms with Gasteiger partial charge in [0.05, 0.1) is 22.9 Å². The normalized spacial score (nSPS) is 20.6. The summed E-state index contributed by atoms with van der Waals surface area (Å²) in [5.41, 5.74) is 1.21. The number of hydrogen-bond acceptors (Lipinski definition) is 8. The molecule has 3 amide bonds. The Morgan fingerprint density at radius 1 is 1.17 bits per heavy atom. The van der Waals surface area contributed by atoms with E-state index in [1.165, 1.54) is 20.3 Å². The van der Waals surface area contributed by atoms with Crippen LogP contribution in [-0.2, 0) is 35.4 Å². The van der Waals surface area contributed by atoms with Crippen molar-refractivity contribution in [1.29, 1.82) is 0 Å². The summed E-state index contributed by atoms with van der Waals surface area (Å²) in [6, 6.07) is 3.71. The summed E-state index contributed by atoms with van der Waals surface area (Å²) in [4.78, 5) is 39.8. The average Bonchev–Trinajstić information content (AvgIpc) is 3.06. The Balaban J connectivity index is 1.99. The van der Waals surface area contributed by atoms with Gasteiger partial charge in [0.25, 0.3) is 11.8 Å². The number of carbonyl (C=O) groups is 3. The monoisotopic (exact) mass is 506 g/mol. The molecule has 35 heavy (non-hydrogen) atoms. The molecule has 1 aliphatic carbocycles. The maximum absolute atomic E-state index is 13.6. The summed E-state index contributed by atoms with van der Waals surface area (Å²) in [6.07, 6.45) is 5.24. The van der Waals surface area contributed by atoms with Gasteiger partial charge in [-0.2, -0.15) is 0 Å². The van der Waals surface area contributed by atoms with E-state index in [2.05, 4.69) is 5.32 Å². The molecule has 1 aromatic rings. The van der Waals surface area contributed by atoms with Gasteiger partial charge in [-0.3, -0.25) is 19.3 Å². The average molecular weight is 507 g/mol. The fourth-order valence-corrected chi connectivity index (χ4v) is 5.13. The van der Waals surface area contributed by atoms with E-state index < -0.39 is 39.6 Å². The first-order valence-corrected chi connectivity index (χ1v) is 13.1. The van der Waals surface area contributed by atoms with Gasteiger partial charge < -0.3 is 19.5 Å². The summed E-state index contributed by atoms with van der Waals surface area (Å²) < 4.78 is 40.6. The molecule has 2 aliphatic rings. The van der Waals surface area contributed by atoms with Crippen molar-refractivity contribution in [3.8, 4) is 0 Å². The van der Waals surface area contributed by atoms with E-state index in [1.807, 2.05) is 6.92 Å². The number of imide groups is 1. The summed E-state index contributed by atoms with van der Waals surface area (Å²) in [5, 5.41) is 2.65. The molecular weight excluding hydrogens is 476 g/mol. The van der Waals surface area contributed by atoms with Crippen LogP contribution in [0.2, 0.25) is 0 Å². The summed E-state index contributed by atoms with van der Waals surface area (Å²) in [7, 11) is -0.672. The molecule has 1 N–H and O–H groups in total. The predicted octanol–water partition coefficient (Wildman–Crippen LogP) is 0.875. The van der Waals surface area contributed by atoms with Crippen LogP contribution in [0.5, 0.6) is 0 Å². The van der Waals surface area contributed by atoms with Crippen LogP contribution in [0.25, 0.3) is 0 Å². The minimum atomic E-state index is -3.59. The highest BCUT2D eigenvalue weighted by Gasteiger charge is 2.44. The SMILES string of the molecule is CCOC1C=C(C(CS(C)(=O)=O)N2C(=O)c3cccc(CNC(=O)COC)c3C2=O)C=CC1OC. The lowest BCUT2D eigenvalue weighted by Gasteiger charge is -2.31. The third-order valence-corrected chi connectivity index (χ3v) is 6.65. The van der Waals surface area contributed by atoms with Crippen LogP contribution in [0.4, 0.5) is 0 Å². The number of rotatable bonds is 11. The first-order chi connectivity index (χ1) is 16.6. The minimum Gasteiger partial charge on any atom is -0.375 e. The molecule has 0 fully saturated rings. The fourth-order valence-electron chi connectivity index (χ4n) is 4.21. The Labute approximate surface area is 204 Å². The zero-order valence-corrected chi connectivity index (χ0v) is 21.0. The first-order valence-electron chi connectivity index (χ1n) is 11.1. The van der Waals surface area contributed by atoms with Gasteiger partial charge in [-0.25, -0.2) is 8.42 Å². The maximum Gasteiger partial charge on any atom is 0.262 e. The molecular formula is C24H30N2O8S. The highest BCUT2D eigenvalue weighted by Crippen LogP contribution is 2.32. The minimum absolute atomic E-state index is 0.0134. The van der Waals surface area contributed by atoms with E-state index in [4.69, 9.17) is 14.2 Å². The van der Waals surface area contributed by atoms with E-state index in [9.17, 15) is 22.8 Å². The lowest BCUT2D eigenvalue weighted by molar-refractivity contribution is -0.124. The van der Waals surface area contributed by atoms with Gasteiger partial charge in [0.15, 0.2) is 0 Å². The van der Waals surface area contributed by atoms with Crippen LogP contribution in [0.1, 0.15) is 33.2 Å². The summed E-state index contributed by atoms with van der Waals surface area (Å²) >= 11 is 0. The highest BCUT2D eigenvalue weighted by molar-refractivity contribution is 7.90. The number of carbonyl (C=O) groups excluding carboxylic acids is 3. The summed E-state index contributed by atoms with van der Waals surface area (Å²) in [5.74, 6) is -2.04. The highest BCUT2D eigenvalue weighted by atomic mass is 32.2. The zero-order valence-electron chi connectivity index (χ0n) is 20.1. The van der Waals surface area contributed by atoms with Crippen molar-refractivity contribution in [2.75, 3.05) is 39.4 Å². The molecule has 1 heterocycles. The van der Waals surface area contributed by atoms with E-state index in [1.54, 1.807) is 30.4 Å². The van der Waals surface area contributed by atoms with Crippen LogP contribution in [0, 0.1) is 0 Å². The lowest BCUT2D eigenvalue weighted by atomic mass is 9.96. The molecule has 0 bridgehead atoms. The van der Waals surface area contributed by atoms with Crippen molar-refractivity contribution in [3.05, 3.63) is 58.7 Å². The number of fused-ring (bicyclic) bond motifs is 1. The molecule has 3 atom stereocenters. The fraction of sp³-hybridized carbons (Fsp3) is 0.458. The van der Waals surface area contributed by atoms with Crippen LogP contribution in [0.15, 0.2) is 42.0 Å². The smallest absolute Gasteiger partial charge is 0.262 e. The number of amides is 3. The Morgan fingerprint density at radius 2 is 1.91 bits per heavy atom. The topological polar surface area (TPSA) is 128 Å². The van der Waals surface area contributed by atoms with Crippen molar-refractivity contribution >= 4 is 27.6 Å². The number of ether oxygens (including phenoxy) is 3. The van der Waals surface area contributed by atoms with Gasteiger partial charge in [0.2, 0.25) is 5.91 Å². The number of sulfone groups is 1. The van der Waals surface area contributed by atoms with Gasteiger partial charge in [0, 0.05) is 33.6 Å². The molecule has 1 aromatic carbocycles. The Kier molecular flexibility index (Phi) is 8.60. The summed E-state index contributed by atoms with van der Waals surface area (Å²) in [6.45, 7) is 2.08. The van der Waals surface area contributed by atoms with E-state index >= 15 is 0 Å². The Hall–Kier alpha value is -2.86. The Bertz CT molecular complexity index is 1160. The zero-order chi connectivity index (χ0) is 25.8. The first kappa shape index (κ1) is 26.7. The van der Waals surface area contributed by atoms with Crippen LogP contribution < -0.4 is 5.32 Å². The molecule has 10 nitrogen and oxygen atoms in total. The van der Waals surface area contributed by atoms with E-state index in [0.717, 1.165) is 11.2 Å². The van der Waals surface area contributed by atoms with Gasteiger partial charge in [-0.1, -0.05) is 24.3 Å². The van der Waals surface area contributed by atoms with Crippen molar-refractivity contribution in [1.82, 2.24) is 10.2 Å². The second-order valence-electron chi connectivity index (χ2n) is 8.28. The molecule has 0 radical (unpaired) electrons. The van der Waals surface area contributed by atoms with Crippen molar-refractivity contribution < 1.29 is 37.0 Å². The molecule has 0 saturated heterocycles. The molecule has 3 rings (SSSR count). The second-order valence-corrected chi connectivity index (χ2v) is 10.5. The largest absolute Gasteiger partial charge is 0.375 e. The van der Waals surface area contributed by atoms with E-state index in [0.29, 0.717) is 17.7 Å². The molecule has 0 aromatic heterocycles. The van der Waals surface area contributed by atoms with Crippen LogP contribution in [0.3, 0.4) is 0 Å². The van der Waals surface area contributed by atoms with Crippen LogP contribution in [-0.4, -0.2) is 88.7 Å². The third kappa shape index (κ3) is 6.04. The molecule has 1 aliphatic heterocycles. The molecule has 0 saturated carbocycles. The molecule has 3 unspecified atom stereocenters. The maximum atomic E-state index is 13.6. The van der Waals surface area contributed by atoms with Gasteiger partial charge in [-0.05, 0) is 30.2 Å². The predicted molar refractivity (Wildman–Crippen MR) is 128 cm³/mol. The van der Waals surface area contributed by atoms with E-state index in [-0.39, 0.29) is 36.3 Å². The number of nitrogens with zero attached hydrogens (tertiary/aromatic N) is 1. The van der Waals surface area contributed by atoms with Gasteiger partial charge >= 0.3 is 0 Å².